The monoisotopic (exact) mass is 438 g/mol. The third-order valence-corrected chi connectivity index (χ3v) is 6.59. The number of carbonyl (C=O) groups is 1. The van der Waals surface area contributed by atoms with E-state index in [1.807, 2.05) is 0 Å². The van der Waals surface area contributed by atoms with Crippen molar-refractivity contribution in [3.05, 3.63) is 38.2 Å². The van der Waals surface area contributed by atoms with E-state index in [1.54, 1.807) is 4.90 Å². The van der Waals surface area contributed by atoms with Gasteiger partial charge in [0.15, 0.2) is 0 Å². The summed E-state index contributed by atoms with van der Waals surface area (Å²) in [5.74, 6) is 0.260. The predicted molar refractivity (Wildman–Crippen MR) is 107 cm³/mol. The van der Waals surface area contributed by atoms with Crippen molar-refractivity contribution in [2.75, 3.05) is 6.54 Å². The minimum absolute atomic E-state index is 0.0669. The van der Waals surface area contributed by atoms with Crippen molar-refractivity contribution < 1.29 is 18.0 Å². The van der Waals surface area contributed by atoms with Gasteiger partial charge in [0.05, 0.1) is 22.7 Å². The van der Waals surface area contributed by atoms with Crippen LogP contribution in [0.5, 0.6) is 0 Å². The molecular weight excluding hydrogens is 413 g/mol. The summed E-state index contributed by atoms with van der Waals surface area (Å²) in [6, 6.07) is 0.276. The van der Waals surface area contributed by atoms with Crippen LogP contribution in [0.15, 0.2) is 15.7 Å². The van der Waals surface area contributed by atoms with E-state index in [1.165, 1.54) is 7.05 Å². The first-order valence-electron chi connectivity index (χ1n) is 10.6. The average molecular weight is 438 g/mol. The molecule has 3 heterocycles. The third-order valence-electron chi connectivity index (χ3n) is 6.59. The number of aryl methyl sites for hydroxylation is 1. The Hall–Kier alpha value is -2.65. The molecule has 2 fully saturated rings. The van der Waals surface area contributed by atoms with E-state index in [9.17, 15) is 27.6 Å². The second-order valence-corrected chi connectivity index (χ2v) is 8.60. The second kappa shape index (κ2) is 7.80. The number of carbonyl (C=O) groups excluding carboxylic acids is 1. The van der Waals surface area contributed by atoms with Crippen molar-refractivity contribution in [3.63, 3.8) is 0 Å². The van der Waals surface area contributed by atoms with E-state index in [4.69, 9.17) is 0 Å². The first-order valence-corrected chi connectivity index (χ1v) is 10.6. The van der Waals surface area contributed by atoms with Crippen LogP contribution >= 0.6 is 0 Å². The standard InChI is InChI=1S/C21H25F3N4O3/c1-26-18-17(19(30)27(2)20(26)31)13(21(22,23)24)11-14(25-18)15-8-5-9-28(15)16(29)10-12-6-3-4-7-12/h11-12,15H,3-10H2,1-2H3. The maximum Gasteiger partial charge on any atom is 0.417 e. The lowest BCUT2D eigenvalue weighted by molar-refractivity contribution is -0.136. The Morgan fingerprint density at radius 1 is 1.10 bits per heavy atom. The van der Waals surface area contributed by atoms with Crippen LogP contribution in [0.3, 0.4) is 0 Å². The van der Waals surface area contributed by atoms with Gasteiger partial charge in [0, 0.05) is 27.1 Å². The summed E-state index contributed by atoms with van der Waals surface area (Å²) < 4.78 is 43.3. The highest BCUT2D eigenvalue weighted by Crippen LogP contribution is 2.38. The number of hydrogen-bond acceptors (Lipinski definition) is 4. The number of aromatic nitrogens is 3. The highest BCUT2D eigenvalue weighted by atomic mass is 19.4. The average Bonchev–Trinajstić information content (AvgIpc) is 3.41. The molecule has 2 aliphatic rings. The number of rotatable bonds is 3. The Bertz CT molecular complexity index is 1150. The lowest BCUT2D eigenvalue weighted by Crippen LogP contribution is -2.39. The molecule has 2 aromatic heterocycles. The Kier molecular flexibility index (Phi) is 5.43. The number of fused-ring (bicyclic) bond motifs is 1. The molecule has 0 spiro atoms. The molecule has 1 saturated heterocycles. The molecule has 7 nitrogen and oxygen atoms in total. The van der Waals surface area contributed by atoms with Crippen LogP contribution in [0.4, 0.5) is 13.2 Å². The number of pyridine rings is 1. The Balaban J connectivity index is 1.83. The smallest absolute Gasteiger partial charge is 0.334 e. The van der Waals surface area contributed by atoms with Crippen LogP contribution in [-0.2, 0) is 25.1 Å². The van der Waals surface area contributed by atoms with E-state index in [0.717, 1.165) is 43.4 Å². The number of nitrogens with zero attached hydrogens (tertiary/aromatic N) is 4. The van der Waals surface area contributed by atoms with Crippen molar-refractivity contribution in [3.8, 4) is 0 Å². The van der Waals surface area contributed by atoms with E-state index < -0.39 is 34.4 Å². The molecule has 1 saturated carbocycles. The summed E-state index contributed by atoms with van der Waals surface area (Å²) in [6.07, 6.45) is 0.954. The Morgan fingerprint density at radius 3 is 2.42 bits per heavy atom. The third kappa shape index (κ3) is 3.76. The van der Waals surface area contributed by atoms with E-state index in [-0.39, 0.29) is 17.2 Å². The fourth-order valence-electron chi connectivity index (χ4n) is 4.92. The van der Waals surface area contributed by atoms with Crippen molar-refractivity contribution in [2.45, 2.75) is 57.2 Å². The quantitative estimate of drug-likeness (QED) is 0.739. The maximum atomic E-state index is 13.9. The summed E-state index contributed by atoms with van der Waals surface area (Å²) in [5.41, 5.74) is -3.16. The highest BCUT2D eigenvalue weighted by Gasteiger charge is 2.39. The minimum Gasteiger partial charge on any atom is -0.334 e. The molecule has 1 amide bonds. The van der Waals surface area contributed by atoms with Gasteiger partial charge in [0.2, 0.25) is 5.91 Å². The van der Waals surface area contributed by atoms with Gasteiger partial charge in [-0.3, -0.25) is 18.7 Å². The highest BCUT2D eigenvalue weighted by molar-refractivity contribution is 5.80. The number of likely N-dealkylation sites (tertiary alicyclic amines) is 1. The largest absolute Gasteiger partial charge is 0.417 e. The zero-order valence-electron chi connectivity index (χ0n) is 17.5. The number of alkyl halides is 3. The molecule has 0 bridgehead atoms. The van der Waals surface area contributed by atoms with Gasteiger partial charge >= 0.3 is 11.9 Å². The lowest BCUT2D eigenvalue weighted by Gasteiger charge is -2.26. The van der Waals surface area contributed by atoms with Crippen LogP contribution in [0.1, 0.15) is 62.2 Å². The molecule has 168 valence electrons. The molecule has 10 heteroatoms. The Labute approximate surface area is 176 Å². The van der Waals surface area contributed by atoms with E-state index in [2.05, 4.69) is 4.98 Å². The molecule has 1 atom stereocenters. The van der Waals surface area contributed by atoms with Crippen molar-refractivity contribution in [2.24, 2.45) is 20.0 Å². The summed E-state index contributed by atoms with van der Waals surface area (Å²) in [4.78, 5) is 43.7. The van der Waals surface area contributed by atoms with Gasteiger partial charge in [-0.25, -0.2) is 9.78 Å². The molecule has 1 aliphatic heterocycles. The minimum atomic E-state index is -4.81. The van der Waals surface area contributed by atoms with Gasteiger partial charge in [-0.2, -0.15) is 13.2 Å². The maximum absolute atomic E-state index is 13.9. The summed E-state index contributed by atoms with van der Waals surface area (Å²) in [7, 11) is 2.43. The molecule has 4 rings (SSSR count). The summed E-state index contributed by atoms with van der Waals surface area (Å²) in [6.45, 7) is 0.465. The molecule has 1 aliphatic carbocycles. The first-order chi connectivity index (χ1) is 14.6. The number of amides is 1. The van der Waals surface area contributed by atoms with Gasteiger partial charge in [-0.15, -0.1) is 0 Å². The zero-order chi connectivity index (χ0) is 22.5. The second-order valence-electron chi connectivity index (χ2n) is 8.60. The van der Waals surface area contributed by atoms with E-state index >= 15 is 0 Å². The fraction of sp³-hybridized carbons (Fsp3) is 0.619. The topological polar surface area (TPSA) is 77.2 Å². The SMILES string of the molecule is Cn1c(=O)c2c(C(F)(F)F)cc(C3CCCN3C(=O)CC3CCCC3)nc2n(C)c1=O. The normalized spacial score (nSPS) is 20.2. The molecule has 1 unspecified atom stereocenters. The van der Waals surface area contributed by atoms with Gasteiger partial charge in [-0.05, 0) is 37.7 Å². The van der Waals surface area contributed by atoms with Crippen molar-refractivity contribution in [1.82, 2.24) is 19.0 Å². The fourth-order valence-corrected chi connectivity index (χ4v) is 4.92. The molecular formula is C21H25F3N4O3. The van der Waals surface area contributed by atoms with Crippen LogP contribution in [0.25, 0.3) is 11.0 Å². The molecule has 0 N–H and O–H groups in total. The Morgan fingerprint density at radius 2 is 1.77 bits per heavy atom. The van der Waals surface area contributed by atoms with Gasteiger partial charge in [0.25, 0.3) is 5.56 Å². The van der Waals surface area contributed by atoms with Crippen molar-refractivity contribution >= 4 is 16.9 Å². The summed E-state index contributed by atoms with van der Waals surface area (Å²) >= 11 is 0. The zero-order valence-corrected chi connectivity index (χ0v) is 17.5. The van der Waals surface area contributed by atoms with Gasteiger partial charge < -0.3 is 4.90 Å². The van der Waals surface area contributed by atoms with Crippen LogP contribution in [-0.4, -0.2) is 31.5 Å². The number of hydrogen-bond donors (Lipinski definition) is 0. The van der Waals surface area contributed by atoms with Crippen LogP contribution < -0.4 is 11.2 Å². The first kappa shape index (κ1) is 21.6. The molecule has 0 radical (unpaired) electrons. The predicted octanol–water partition coefficient (Wildman–Crippen LogP) is 2.89. The van der Waals surface area contributed by atoms with E-state index in [0.29, 0.717) is 36.3 Å². The van der Waals surface area contributed by atoms with Gasteiger partial charge in [0.1, 0.15) is 5.65 Å². The lowest BCUT2D eigenvalue weighted by atomic mass is 10.0. The van der Waals surface area contributed by atoms with Crippen LogP contribution in [0.2, 0.25) is 0 Å². The number of halogens is 3. The molecule has 2 aromatic rings. The molecule has 31 heavy (non-hydrogen) atoms. The summed E-state index contributed by atoms with van der Waals surface area (Å²) in [5, 5.41) is -0.636. The van der Waals surface area contributed by atoms with Crippen molar-refractivity contribution in [1.29, 1.82) is 0 Å². The van der Waals surface area contributed by atoms with Crippen LogP contribution in [0, 0.1) is 5.92 Å². The van der Waals surface area contributed by atoms with Gasteiger partial charge in [-0.1, -0.05) is 12.8 Å². The molecule has 0 aromatic carbocycles.